The molecule has 82 valence electrons. The van der Waals surface area contributed by atoms with Gasteiger partial charge < -0.3 is 5.73 Å². The molecule has 1 aliphatic carbocycles. The van der Waals surface area contributed by atoms with Crippen LogP contribution in [0.2, 0.25) is 0 Å². The zero-order valence-electron chi connectivity index (χ0n) is 9.49. The van der Waals surface area contributed by atoms with Crippen LogP contribution in [0.15, 0.2) is 23.1 Å². The molecule has 0 bridgehead atoms. The molecule has 2 heteroatoms. The van der Waals surface area contributed by atoms with Crippen molar-refractivity contribution in [2.24, 2.45) is 5.73 Å². The fraction of sp³-hybridized carbons (Fsp3) is 0.538. The smallest absolute Gasteiger partial charge is 0.0246 e. The van der Waals surface area contributed by atoms with Crippen LogP contribution < -0.4 is 5.73 Å². The third kappa shape index (κ3) is 2.56. The van der Waals surface area contributed by atoms with E-state index in [0.29, 0.717) is 11.3 Å². The fourth-order valence-electron chi connectivity index (χ4n) is 2.20. The van der Waals surface area contributed by atoms with E-state index in [9.17, 15) is 0 Å². The van der Waals surface area contributed by atoms with Gasteiger partial charge >= 0.3 is 0 Å². The highest BCUT2D eigenvalue weighted by molar-refractivity contribution is 8.00. The van der Waals surface area contributed by atoms with E-state index in [1.54, 1.807) is 0 Å². The number of nitrogens with two attached hydrogens (primary N) is 1. The summed E-state index contributed by atoms with van der Waals surface area (Å²) in [6.45, 7) is 4.33. The SMILES string of the molecule is Cc1ccc(SC2CCCC2N)c(C)c1. The van der Waals surface area contributed by atoms with Crippen molar-refractivity contribution in [1.29, 1.82) is 0 Å². The average Bonchev–Trinajstić information content (AvgIpc) is 2.57. The lowest BCUT2D eigenvalue weighted by atomic mass is 10.2. The van der Waals surface area contributed by atoms with Crippen molar-refractivity contribution < 1.29 is 0 Å². The predicted octanol–water partition coefficient (Wildman–Crippen LogP) is 3.28. The summed E-state index contributed by atoms with van der Waals surface area (Å²) in [5.74, 6) is 0. The standard InChI is InChI=1S/C13H19NS/c1-9-6-7-12(10(2)8-9)15-13-5-3-4-11(13)14/h6-8,11,13H,3-5,14H2,1-2H3. The zero-order chi connectivity index (χ0) is 10.8. The van der Waals surface area contributed by atoms with Crippen LogP contribution in [0.3, 0.4) is 0 Å². The molecule has 0 spiro atoms. The molecule has 1 aromatic rings. The lowest BCUT2D eigenvalue weighted by Crippen LogP contribution is -2.26. The second kappa shape index (κ2) is 4.58. The van der Waals surface area contributed by atoms with Crippen LogP contribution in [0.1, 0.15) is 30.4 Å². The van der Waals surface area contributed by atoms with Gasteiger partial charge in [-0.3, -0.25) is 0 Å². The van der Waals surface area contributed by atoms with Gasteiger partial charge in [-0.25, -0.2) is 0 Å². The molecule has 0 amide bonds. The van der Waals surface area contributed by atoms with E-state index < -0.39 is 0 Å². The number of hydrogen-bond acceptors (Lipinski definition) is 2. The molecule has 1 saturated carbocycles. The van der Waals surface area contributed by atoms with Crippen LogP contribution >= 0.6 is 11.8 Å². The summed E-state index contributed by atoms with van der Waals surface area (Å²) in [6.07, 6.45) is 3.77. The Bertz CT molecular complexity index is 348. The van der Waals surface area contributed by atoms with Gasteiger partial charge in [0.15, 0.2) is 0 Å². The number of thioether (sulfide) groups is 1. The molecular weight excluding hydrogens is 202 g/mol. The van der Waals surface area contributed by atoms with Crippen molar-refractivity contribution in [3.8, 4) is 0 Å². The Labute approximate surface area is 96.4 Å². The van der Waals surface area contributed by atoms with Gasteiger partial charge in [0.25, 0.3) is 0 Å². The molecule has 2 unspecified atom stereocenters. The second-order valence-corrected chi connectivity index (χ2v) is 5.80. The fourth-order valence-corrected chi connectivity index (χ4v) is 3.51. The average molecular weight is 221 g/mol. The summed E-state index contributed by atoms with van der Waals surface area (Å²) in [5.41, 5.74) is 8.81. The molecule has 15 heavy (non-hydrogen) atoms. The van der Waals surface area contributed by atoms with Gasteiger partial charge in [0.2, 0.25) is 0 Å². The molecule has 1 aromatic carbocycles. The summed E-state index contributed by atoms with van der Waals surface area (Å²) in [7, 11) is 0. The topological polar surface area (TPSA) is 26.0 Å². The van der Waals surface area contributed by atoms with E-state index in [0.717, 1.165) is 0 Å². The number of hydrogen-bond donors (Lipinski definition) is 1. The largest absolute Gasteiger partial charge is 0.327 e. The Morgan fingerprint density at radius 3 is 2.67 bits per heavy atom. The summed E-state index contributed by atoms with van der Waals surface area (Å²) in [4.78, 5) is 1.41. The van der Waals surface area contributed by atoms with Crippen molar-refractivity contribution in [2.75, 3.05) is 0 Å². The van der Waals surface area contributed by atoms with Crippen LogP contribution in [0.5, 0.6) is 0 Å². The highest BCUT2D eigenvalue weighted by Gasteiger charge is 2.24. The van der Waals surface area contributed by atoms with Gasteiger partial charge in [0.1, 0.15) is 0 Å². The van der Waals surface area contributed by atoms with Crippen molar-refractivity contribution >= 4 is 11.8 Å². The molecule has 0 aromatic heterocycles. The summed E-state index contributed by atoms with van der Waals surface area (Å²) in [5, 5.41) is 0.631. The van der Waals surface area contributed by atoms with Gasteiger partial charge in [-0.2, -0.15) is 0 Å². The highest BCUT2D eigenvalue weighted by Crippen LogP contribution is 2.35. The Kier molecular flexibility index (Phi) is 3.37. The second-order valence-electron chi connectivity index (χ2n) is 4.52. The molecule has 2 rings (SSSR count). The third-order valence-electron chi connectivity index (χ3n) is 3.11. The Balaban J connectivity index is 2.10. The molecule has 1 aliphatic rings. The maximum atomic E-state index is 6.09. The molecule has 2 atom stereocenters. The van der Waals surface area contributed by atoms with Crippen molar-refractivity contribution in [1.82, 2.24) is 0 Å². The van der Waals surface area contributed by atoms with E-state index in [4.69, 9.17) is 5.73 Å². The molecule has 0 heterocycles. The summed E-state index contributed by atoms with van der Waals surface area (Å²) < 4.78 is 0. The van der Waals surface area contributed by atoms with E-state index >= 15 is 0 Å². The molecule has 0 radical (unpaired) electrons. The maximum absolute atomic E-state index is 6.09. The van der Waals surface area contributed by atoms with Gasteiger partial charge in [0, 0.05) is 16.2 Å². The van der Waals surface area contributed by atoms with Crippen LogP contribution in [-0.4, -0.2) is 11.3 Å². The van der Waals surface area contributed by atoms with Crippen LogP contribution in [-0.2, 0) is 0 Å². The van der Waals surface area contributed by atoms with Gasteiger partial charge in [-0.15, -0.1) is 11.8 Å². The van der Waals surface area contributed by atoms with Gasteiger partial charge in [0.05, 0.1) is 0 Å². The van der Waals surface area contributed by atoms with Crippen molar-refractivity contribution in [2.45, 2.75) is 49.3 Å². The number of benzene rings is 1. The minimum absolute atomic E-state index is 0.399. The van der Waals surface area contributed by atoms with E-state index in [1.165, 1.54) is 35.3 Å². The van der Waals surface area contributed by atoms with Crippen molar-refractivity contribution in [3.63, 3.8) is 0 Å². The molecule has 2 N–H and O–H groups in total. The Morgan fingerprint density at radius 1 is 1.27 bits per heavy atom. The molecule has 0 aliphatic heterocycles. The zero-order valence-corrected chi connectivity index (χ0v) is 10.3. The monoisotopic (exact) mass is 221 g/mol. The van der Waals surface area contributed by atoms with Crippen molar-refractivity contribution in [3.05, 3.63) is 29.3 Å². The van der Waals surface area contributed by atoms with Gasteiger partial charge in [-0.05, 0) is 38.3 Å². The lowest BCUT2D eigenvalue weighted by molar-refractivity contribution is 0.716. The van der Waals surface area contributed by atoms with Gasteiger partial charge in [-0.1, -0.05) is 24.1 Å². The van der Waals surface area contributed by atoms with E-state index in [2.05, 4.69) is 32.0 Å². The first-order chi connectivity index (χ1) is 7.16. The lowest BCUT2D eigenvalue weighted by Gasteiger charge is -2.16. The number of aryl methyl sites for hydroxylation is 2. The summed E-state index contributed by atoms with van der Waals surface area (Å²) >= 11 is 1.97. The maximum Gasteiger partial charge on any atom is 0.0246 e. The van der Waals surface area contributed by atoms with Crippen LogP contribution in [0.25, 0.3) is 0 Å². The van der Waals surface area contributed by atoms with E-state index in [-0.39, 0.29) is 0 Å². The minimum atomic E-state index is 0.399. The quantitative estimate of drug-likeness (QED) is 0.829. The van der Waals surface area contributed by atoms with E-state index in [1.807, 2.05) is 11.8 Å². The van der Waals surface area contributed by atoms with Crippen LogP contribution in [0, 0.1) is 13.8 Å². The molecule has 1 fully saturated rings. The third-order valence-corrected chi connectivity index (χ3v) is 4.71. The summed E-state index contributed by atoms with van der Waals surface area (Å²) in [6, 6.07) is 7.08. The number of rotatable bonds is 2. The minimum Gasteiger partial charge on any atom is -0.327 e. The highest BCUT2D eigenvalue weighted by atomic mass is 32.2. The Morgan fingerprint density at radius 2 is 2.07 bits per heavy atom. The predicted molar refractivity (Wildman–Crippen MR) is 67.4 cm³/mol. The Hall–Kier alpha value is -0.470. The normalized spacial score (nSPS) is 25.8. The molecular formula is C13H19NS. The van der Waals surface area contributed by atoms with Crippen LogP contribution in [0.4, 0.5) is 0 Å². The first kappa shape index (κ1) is 11.0. The molecule has 0 saturated heterocycles. The first-order valence-electron chi connectivity index (χ1n) is 5.66. The first-order valence-corrected chi connectivity index (χ1v) is 6.54. The molecule has 1 nitrogen and oxygen atoms in total.